The number of aromatic nitrogens is 3. The van der Waals surface area contributed by atoms with Crippen LogP contribution in [0.15, 0.2) is 29.6 Å². The van der Waals surface area contributed by atoms with Crippen molar-refractivity contribution in [2.75, 3.05) is 12.3 Å². The van der Waals surface area contributed by atoms with E-state index in [-0.39, 0.29) is 0 Å². The molecule has 5 nitrogen and oxygen atoms in total. The van der Waals surface area contributed by atoms with E-state index in [9.17, 15) is 0 Å². The molecular formula is C15H16N4OS. The van der Waals surface area contributed by atoms with E-state index in [0.717, 1.165) is 33.3 Å². The summed E-state index contributed by atoms with van der Waals surface area (Å²) in [6.07, 6.45) is 0. The lowest BCUT2D eigenvalue weighted by atomic mass is 10.0. The Morgan fingerprint density at radius 2 is 2.05 bits per heavy atom. The van der Waals surface area contributed by atoms with E-state index in [2.05, 4.69) is 15.2 Å². The number of nitrogens with one attached hydrogen (secondary N) is 1. The fraction of sp³-hybridized carbons (Fsp3) is 0.200. The van der Waals surface area contributed by atoms with Crippen molar-refractivity contribution < 1.29 is 4.74 Å². The van der Waals surface area contributed by atoms with Crippen molar-refractivity contribution in [3.05, 3.63) is 34.7 Å². The Kier molecular flexibility index (Phi) is 3.62. The predicted octanol–water partition coefficient (Wildman–Crippen LogP) is 3.49. The summed E-state index contributed by atoms with van der Waals surface area (Å²) in [5.74, 6) is 1.31. The van der Waals surface area contributed by atoms with E-state index < -0.39 is 0 Å². The van der Waals surface area contributed by atoms with Gasteiger partial charge in [-0.25, -0.2) is 4.98 Å². The molecule has 0 aliphatic heterocycles. The van der Waals surface area contributed by atoms with E-state index in [1.54, 1.807) is 11.3 Å². The van der Waals surface area contributed by atoms with Crippen LogP contribution in [0.4, 0.5) is 5.82 Å². The summed E-state index contributed by atoms with van der Waals surface area (Å²) < 4.78 is 5.46. The molecule has 0 fully saturated rings. The molecule has 0 saturated carbocycles. The lowest BCUT2D eigenvalue weighted by molar-refractivity contribution is 0.340. The molecule has 108 valence electrons. The lowest BCUT2D eigenvalue weighted by Gasteiger charge is -2.06. The number of nitrogens with zero attached hydrogens (tertiary/aromatic N) is 2. The summed E-state index contributed by atoms with van der Waals surface area (Å²) in [7, 11) is 0. The van der Waals surface area contributed by atoms with Gasteiger partial charge < -0.3 is 10.5 Å². The molecular weight excluding hydrogens is 284 g/mol. The summed E-state index contributed by atoms with van der Waals surface area (Å²) in [5, 5.41) is 10.1. The third kappa shape index (κ3) is 2.62. The Balaban J connectivity index is 2.04. The maximum Gasteiger partial charge on any atom is 0.153 e. The van der Waals surface area contributed by atoms with E-state index in [4.69, 9.17) is 10.5 Å². The van der Waals surface area contributed by atoms with E-state index in [1.165, 1.54) is 0 Å². The zero-order valence-electron chi connectivity index (χ0n) is 11.9. The molecule has 0 atom stereocenters. The summed E-state index contributed by atoms with van der Waals surface area (Å²) in [6, 6.07) is 7.83. The number of ether oxygens (including phenoxy) is 1. The van der Waals surface area contributed by atoms with E-state index in [0.29, 0.717) is 12.4 Å². The Labute approximate surface area is 126 Å². The average molecular weight is 300 g/mol. The minimum atomic E-state index is 0.472. The molecule has 3 rings (SSSR count). The minimum Gasteiger partial charge on any atom is -0.494 e. The van der Waals surface area contributed by atoms with Crippen molar-refractivity contribution in [2.24, 2.45) is 0 Å². The van der Waals surface area contributed by atoms with Crippen LogP contribution in [0.2, 0.25) is 0 Å². The number of hydrogen-bond acceptors (Lipinski definition) is 5. The van der Waals surface area contributed by atoms with Crippen LogP contribution in [0.5, 0.6) is 5.75 Å². The zero-order chi connectivity index (χ0) is 14.8. The number of nitrogens with two attached hydrogens (primary N) is 1. The van der Waals surface area contributed by atoms with Gasteiger partial charge in [-0.1, -0.05) is 12.1 Å². The normalized spacial score (nSPS) is 10.8. The second-order valence-electron chi connectivity index (χ2n) is 4.57. The molecule has 21 heavy (non-hydrogen) atoms. The summed E-state index contributed by atoms with van der Waals surface area (Å²) >= 11 is 1.60. The van der Waals surface area contributed by atoms with Crippen molar-refractivity contribution in [3.63, 3.8) is 0 Å². The van der Waals surface area contributed by atoms with Crippen LogP contribution >= 0.6 is 11.3 Å². The number of H-pyrrole nitrogens is 1. The molecule has 1 aromatic carbocycles. The smallest absolute Gasteiger partial charge is 0.153 e. The van der Waals surface area contributed by atoms with E-state index >= 15 is 0 Å². The van der Waals surface area contributed by atoms with Crippen LogP contribution in [0.3, 0.4) is 0 Å². The molecule has 0 aliphatic carbocycles. The molecule has 0 bridgehead atoms. The van der Waals surface area contributed by atoms with Crippen LogP contribution < -0.4 is 10.5 Å². The second-order valence-corrected chi connectivity index (χ2v) is 5.63. The maximum atomic E-state index is 6.02. The zero-order valence-corrected chi connectivity index (χ0v) is 12.7. The fourth-order valence-corrected chi connectivity index (χ4v) is 2.80. The monoisotopic (exact) mass is 300 g/mol. The lowest BCUT2D eigenvalue weighted by Crippen LogP contribution is -1.92. The topological polar surface area (TPSA) is 76.8 Å². The second kappa shape index (κ2) is 5.57. The van der Waals surface area contributed by atoms with Gasteiger partial charge in [-0.3, -0.25) is 5.10 Å². The third-order valence-corrected chi connectivity index (χ3v) is 3.90. The fourth-order valence-electron chi connectivity index (χ4n) is 2.20. The van der Waals surface area contributed by atoms with Gasteiger partial charge in [-0.05, 0) is 31.5 Å². The quantitative estimate of drug-likeness (QED) is 0.773. The number of nitrogen functional groups attached to an aromatic ring is 1. The highest BCUT2D eigenvalue weighted by Gasteiger charge is 2.16. The maximum absolute atomic E-state index is 6.02. The molecule has 3 aromatic rings. The molecule has 2 heterocycles. The van der Waals surface area contributed by atoms with Crippen LogP contribution in [-0.2, 0) is 0 Å². The van der Waals surface area contributed by atoms with Gasteiger partial charge in [0.1, 0.15) is 5.75 Å². The molecule has 0 saturated heterocycles. The van der Waals surface area contributed by atoms with Gasteiger partial charge in [-0.2, -0.15) is 5.10 Å². The molecule has 0 unspecified atom stereocenters. The highest BCUT2D eigenvalue weighted by atomic mass is 32.1. The number of aromatic amines is 1. The number of aryl methyl sites for hydroxylation is 1. The van der Waals surface area contributed by atoms with Gasteiger partial charge in [0.2, 0.25) is 0 Å². The number of thiazole rings is 1. The number of rotatable bonds is 4. The molecule has 2 aromatic heterocycles. The summed E-state index contributed by atoms with van der Waals surface area (Å²) in [4.78, 5) is 4.49. The Morgan fingerprint density at radius 1 is 1.29 bits per heavy atom. The van der Waals surface area contributed by atoms with Crippen molar-refractivity contribution in [3.8, 4) is 28.3 Å². The summed E-state index contributed by atoms with van der Waals surface area (Å²) in [5.41, 5.74) is 9.60. The van der Waals surface area contributed by atoms with Gasteiger partial charge in [0.15, 0.2) is 5.82 Å². The summed E-state index contributed by atoms with van der Waals surface area (Å²) in [6.45, 7) is 4.59. The van der Waals surface area contributed by atoms with Gasteiger partial charge in [-0.15, -0.1) is 11.3 Å². The van der Waals surface area contributed by atoms with Crippen LogP contribution in [0.25, 0.3) is 22.5 Å². The van der Waals surface area contributed by atoms with Crippen LogP contribution in [0.1, 0.15) is 11.9 Å². The molecule has 6 heteroatoms. The predicted molar refractivity (Wildman–Crippen MR) is 85.5 cm³/mol. The van der Waals surface area contributed by atoms with Crippen LogP contribution in [0, 0.1) is 6.92 Å². The van der Waals surface area contributed by atoms with Crippen molar-refractivity contribution in [1.29, 1.82) is 0 Å². The SMILES string of the molecule is CCOc1ccc(-c2c(N)n[nH]c2-c2csc(C)n2)cc1. The number of anilines is 1. The Morgan fingerprint density at radius 3 is 2.67 bits per heavy atom. The molecule has 3 N–H and O–H groups in total. The first-order valence-corrected chi connectivity index (χ1v) is 7.56. The van der Waals surface area contributed by atoms with Crippen molar-refractivity contribution in [2.45, 2.75) is 13.8 Å². The first-order valence-electron chi connectivity index (χ1n) is 6.68. The molecule has 0 spiro atoms. The molecule has 0 amide bonds. The van der Waals surface area contributed by atoms with Crippen molar-refractivity contribution in [1.82, 2.24) is 15.2 Å². The first kappa shape index (κ1) is 13.6. The number of hydrogen-bond donors (Lipinski definition) is 2. The Hall–Kier alpha value is -2.34. The van der Waals surface area contributed by atoms with E-state index in [1.807, 2.05) is 43.5 Å². The third-order valence-electron chi connectivity index (χ3n) is 3.12. The van der Waals surface area contributed by atoms with Crippen molar-refractivity contribution >= 4 is 17.2 Å². The standard InChI is InChI=1S/C15H16N4OS/c1-3-20-11-6-4-10(5-7-11)13-14(18-19-15(13)16)12-8-21-9(2)17-12/h4-8H,3H2,1-2H3,(H3,16,18,19). The van der Waals surface area contributed by atoms with Gasteiger partial charge in [0.05, 0.1) is 28.6 Å². The van der Waals surface area contributed by atoms with Gasteiger partial charge in [0, 0.05) is 5.38 Å². The Bertz CT molecular complexity index is 745. The average Bonchev–Trinajstić information content (AvgIpc) is 3.06. The number of benzene rings is 1. The first-order chi connectivity index (χ1) is 10.2. The molecule has 0 aliphatic rings. The molecule has 0 radical (unpaired) electrons. The van der Waals surface area contributed by atoms with Crippen LogP contribution in [-0.4, -0.2) is 21.8 Å². The van der Waals surface area contributed by atoms with Gasteiger partial charge in [0.25, 0.3) is 0 Å². The van der Waals surface area contributed by atoms with Gasteiger partial charge >= 0.3 is 0 Å². The highest BCUT2D eigenvalue weighted by molar-refractivity contribution is 7.09. The highest BCUT2D eigenvalue weighted by Crippen LogP contribution is 2.35. The minimum absolute atomic E-state index is 0.472. The largest absolute Gasteiger partial charge is 0.494 e.